The van der Waals surface area contributed by atoms with Gasteiger partial charge in [0.1, 0.15) is 6.54 Å². The zero-order valence-corrected chi connectivity index (χ0v) is 17.4. The minimum absolute atomic E-state index is 0.103. The molecule has 1 aromatic rings. The lowest BCUT2D eigenvalue weighted by Gasteiger charge is -2.31. The number of hydrogen-bond donors (Lipinski definition) is 1. The molecule has 1 aromatic carbocycles. The summed E-state index contributed by atoms with van der Waals surface area (Å²) >= 11 is 0. The number of halogens is 3. The summed E-state index contributed by atoms with van der Waals surface area (Å²) in [6.45, 7) is 6.56. The third-order valence-corrected chi connectivity index (χ3v) is 7.00. The molecule has 0 aromatic heterocycles. The summed E-state index contributed by atoms with van der Waals surface area (Å²) in [5, 5.41) is 1.88. The van der Waals surface area contributed by atoms with Gasteiger partial charge in [0, 0.05) is 19.0 Å². The zero-order chi connectivity index (χ0) is 21.3. The standard InChI is InChI=1S/C19H27F3N2O3S/c1-13-5-6-15(18(2,3)4)11-16(13)28(26,27)24-9-7-14(8-10-24)17(25)23-12-19(20,21)22/h5-6,11,14H,7-10,12H2,1-4H3,(H,23,25). The maximum Gasteiger partial charge on any atom is 0.405 e. The number of alkyl halides is 3. The average molecular weight is 420 g/mol. The molecule has 1 N–H and O–H groups in total. The van der Waals surface area contributed by atoms with Crippen molar-refractivity contribution in [2.75, 3.05) is 19.6 Å². The van der Waals surface area contributed by atoms with Crippen molar-refractivity contribution in [2.45, 2.75) is 57.0 Å². The lowest BCUT2D eigenvalue weighted by molar-refractivity contribution is -0.141. The molecule has 9 heteroatoms. The van der Waals surface area contributed by atoms with E-state index in [-0.39, 0.29) is 36.2 Å². The fraction of sp³-hybridized carbons (Fsp3) is 0.632. The van der Waals surface area contributed by atoms with Gasteiger partial charge in [-0.2, -0.15) is 17.5 Å². The molecule has 0 aliphatic carbocycles. The van der Waals surface area contributed by atoms with Gasteiger partial charge in [0.25, 0.3) is 0 Å². The van der Waals surface area contributed by atoms with Gasteiger partial charge in [-0.1, -0.05) is 32.9 Å². The highest BCUT2D eigenvalue weighted by atomic mass is 32.2. The Balaban J connectivity index is 2.10. The molecule has 2 rings (SSSR count). The summed E-state index contributed by atoms with van der Waals surface area (Å²) in [5.41, 5.74) is 1.33. The second-order valence-electron chi connectivity index (χ2n) is 8.24. The predicted octanol–water partition coefficient (Wildman–Crippen LogP) is 3.37. The first kappa shape index (κ1) is 22.7. The van der Waals surface area contributed by atoms with Crippen molar-refractivity contribution >= 4 is 15.9 Å². The molecule has 1 fully saturated rings. The summed E-state index contributed by atoms with van der Waals surface area (Å²) in [4.78, 5) is 12.1. The summed E-state index contributed by atoms with van der Waals surface area (Å²) in [6.07, 6.45) is -4.07. The van der Waals surface area contributed by atoms with E-state index >= 15 is 0 Å². The second kappa shape index (κ2) is 8.02. The van der Waals surface area contributed by atoms with Gasteiger partial charge in [-0.3, -0.25) is 4.79 Å². The Morgan fingerprint density at radius 2 is 1.75 bits per heavy atom. The largest absolute Gasteiger partial charge is 0.405 e. The van der Waals surface area contributed by atoms with E-state index < -0.39 is 34.6 Å². The number of amides is 1. The number of benzene rings is 1. The number of nitrogens with zero attached hydrogens (tertiary/aromatic N) is 1. The summed E-state index contributed by atoms with van der Waals surface area (Å²) < 4.78 is 64.2. The minimum Gasteiger partial charge on any atom is -0.347 e. The lowest BCUT2D eigenvalue weighted by atomic mass is 9.87. The molecule has 0 radical (unpaired) electrons. The van der Waals surface area contributed by atoms with Crippen molar-refractivity contribution in [3.8, 4) is 0 Å². The summed E-state index contributed by atoms with van der Waals surface area (Å²) in [5.74, 6) is -1.30. The van der Waals surface area contributed by atoms with Gasteiger partial charge in [-0.25, -0.2) is 8.42 Å². The zero-order valence-electron chi connectivity index (χ0n) is 16.6. The number of piperidine rings is 1. The monoisotopic (exact) mass is 420 g/mol. The van der Waals surface area contributed by atoms with E-state index in [1.165, 1.54) is 4.31 Å². The number of nitrogens with one attached hydrogen (secondary N) is 1. The minimum atomic E-state index is -4.46. The van der Waals surface area contributed by atoms with E-state index in [2.05, 4.69) is 0 Å². The molecule has 0 bridgehead atoms. The SMILES string of the molecule is Cc1ccc(C(C)(C)C)cc1S(=O)(=O)N1CCC(C(=O)NCC(F)(F)F)CC1. The molecule has 0 spiro atoms. The molecule has 0 atom stereocenters. The van der Waals surface area contributed by atoms with Gasteiger partial charge in [0.15, 0.2) is 0 Å². The van der Waals surface area contributed by atoms with Crippen LogP contribution >= 0.6 is 0 Å². The number of sulfonamides is 1. The van der Waals surface area contributed by atoms with Crippen molar-refractivity contribution in [1.29, 1.82) is 0 Å². The molecular weight excluding hydrogens is 393 g/mol. The predicted molar refractivity (Wildman–Crippen MR) is 100 cm³/mol. The average Bonchev–Trinajstić information content (AvgIpc) is 2.58. The molecule has 5 nitrogen and oxygen atoms in total. The van der Waals surface area contributed by atoms with Crippen LogP contribution in [0.1, 0.15) is 44.7 Å². The summed E-state index contributed by atoms with van der Waals surface area (Å²) in [6, 6.07) is 5.38. The van der Waals surface area contributed by atoms with Crippen LogP contribution in [0.5, 0.6) is 0 Å². The molecule has 1 aliphatic rings. The van der Waals surface area contributed by atoms with Crippen LogP contribution in [-0.4, -0.2) is 44.4 Å². The molecule has 28 heavy (non-hydrogen) atoms. The van der Waals surface area contributed by atoms with E-state index in [1.807, 2.05) is 32.2 Å². The lowest BCUT2D eigenvalue weighted by Crippen LogP contribution is -2.44. The van der Waals surface area contributed by atoms with Crippen molar-refractivity contribution in [3.63, 3.8) is 0 Å². The summed E-state index contributed by atoms with van der Waals surface area (Å²) in [7, 11) is -3.74. The van der Waals surface area contributed by atoms with E-state index in [0.717, 1.165) is 5.56 Å². The van der Waals surface area contributed by atoms with Crippen molar-refractivity contribution in [3.05, 3.63) is 29.3 Å². The molecule has 0 unspecified atom stereocenters. The van der Waals surface area contributed by atoms with Gasteiger partial charge in [0.05, 0.1) is 4.90 Å². The second-order valence-corrected chi connectivity index (χ2v) is 10.1. The van der Waals surface area contributed by atoms with Gasteiger partial charge in [-0.05, 0) is 42.4 Å². The van der Waals surface area contributed by atoms with Gasteiger partial charge in [-0.15, -0.1) is 0 Å². The van der Waals surface area contributed by atoms with Crippen LogP contribution in [0, 0.1) is 12.8 Å². The van der Waals surface area contributed by atoms with Crippen molar-refractivity contribution in [1.82, 2.24) is 9.62 Å². The first-order chi connectivity index (χ1) is 12.7. The first-order valence-electron chi connectivity index (χ1n) is 9.17. The Morgan fingerprint density at radius 1 is 1.18 bits per heavy atom. The van der Waals surface area contributed by atoms with Crippen LogP contribution < -0.4 is 5.32 Å². The Bertz CT molecular complexity index is 822. The molecule has 1 heterocycles. The first-order valence-corrected chi connectivity index (χ1v) is 10.6. The number of carbonyl (C=O) groups is 1. The highest BCUT2D eigenvalue weighted by molar-refractivity contribution is 7.89. The maximum atomic E-state index is 13.1. The molecule has 0 saturated carbocycles. The fourth-order valence-corrected chi connectivity index (χ4v) is 4.89. The Hall–Kier alpha value is -1.61. The van der Waals surface area contributed by atoms with Crippen LogP contribution in [0.15, 0.2) is 23.1 Å². The highest BCUT2D eigenvalue weighted by Crippen LogP contribution is 2.30. The van der Waals surface area contributed by atoms with E-state index in [0.29, 0.717) is 5.56 Å². The molecule has 1 amide bonds. The Labute approximate surface area is 164 Å². The quantitative estimate of drug-likeness (QED) is 0.812. The fourth-order valence-electron chi connectivity index (χ4n) is 3.17. The Kier molecular flexibility index (Phi) is 6.50. The van der Waals surface area contributed by atoms with Gasteiger partial charge in [0.2, 0.25) is 15.9 Å². The van der Waals surface area contributed by atoms with Crippen LogP contribution in [0.25, 0.3) is 0 Å². The van der Waals surface area contributed by atoms with Crippen molar-refractivity contribution < 1.29 is 26.4 Å². The number of rotatable bonds is 4. The van der Waals surface area contributed by atoms with E-state index in [4.69, 9.17) is 0 Å². The van der Waals surface area contributed by atoms with Gasteiger partial charge >= 0.3 is 6.18 Å². The topological polar surface area (TPSA) is 66.5 Å². The number of hydrogen-bond acceptors (Lipinski definition) is 3. The normalized spacial score (nSPS) is 17.5. The molecule has 1 saturated heterocycles. The highest BCUT2D eigenvalue weighted by Gasteiger charge is 2.35. The van der Waals surface area contributed by atoms with Crippen LogP contribution in [0.4, 0.5) is 13.2 Å². The molecular formula is C19H27F3N2O3S. The van der Waals surface area contributed by atoms with Crippen molar-refractivity contribution in [2.24, 2.45) is 5.92 Å². The van der Waals surface area contributed by atoms with E-state index in [1.54, 1.807) is 19.1 Å². The molecule has 158 valence electrons. The van der Waals surface area contributed by atoms with Crippen LogP contribution in [-0.2, 0) is 20.2 Å². The van der Waals surface area contributed by atoms with Crippen LogP contribution in [0.2, 0.25) is 0 Å². The number of aryl methyl sites for hydroxylation is 1. The van der Waals surface area contributed by atoms with Gasteiger partial charge < -0.3 is 5.32 Å². The smallest absolute Gasteiger partial charge is 0.347 e. The Morgan fingerprint density at radius 3 is 2.25 bits per heavy atom. The van der Waals surface area contributed by atoms with E-state index in [9.17, 15) is 26.4 Å². The third-order valence-electron chi connectivity index (χ3n) is 4.96. The van der Waals surface area contributed by atoms with Crippen LogP contribution in [0.3, 0.4) is 0 Å². The molecule has 1 aliphatic heterocycles. The third kappa shape index (κ3) is 5.47. The number of carbonyl (C=O) groups excluding carboxylic acids is 1. The maximum absolute atomic E-state index is 13.1.